The highest BCUT2D eigenvalue weighted by molar-refractivity contribution is 7.77. The molecular weight excluding hydrogens is 206 g/mol. The molecule has 86 valence electrons. The first-order valence-corrected chi connectivity index (χ1v) is 6.15. The minimum absolute atomic E-state index is 0.637. The molecule has 4 heteroatoms. The largest absolute Gasteiger partial charge is 0.373 e. The molecule has 0 saturated carbocycles. The van der Waals surface area contributed by atoms with Crippen LogP contribution in [-0.4, -0.2) is 48.5 Å². The summed E-state index contributed by atoms with van der Waals surface area (Å²) in [5.41, 5.74) is 1.32. The molecule has 2 rings (SSSR count). The number of piperidine rings is 1. The van der Waals surface area contributed by atoms with Crippen LogP contribution in [0.4, 0.5) is 0 Å². The van der Waals surface area contributed by atoms with Crippen LogP contribution in [-0.2, 0) is 0 Å². The fourth-order valence-corrected chi connectivity index (χ4v) is 2.79. The maximum atomic E-state index is 4.30. The average molecular weight is 227 g/mol. The highest BCUT2D eigenvalue weighted by atomic mass is 32.1. The fraction of sp³-hybridized carbons (Fsp3) is 0.818. The Balaban J connectivity index is 1.84. The number of hydrogen-bond donors (Lipinski definition) is 2. The molecule has 0 radical (unpaired) electrons. The van der Waals surface area contributed by atoms with Gasteiger partial charge in [0.15, 0.2) is 0 Å². The van der Waals surface area contributed by atoms with Gasteiger partial charge in [-0.3, -0.25) is 4.31 Å². The SMILES string of the molecule is C=C(C1CN(S)C1)N1CCCC(NC)C1. The van der Waals surface area contributed by atoms with Crippen molar-refractivity contribution >= 4 is 12.8 Å². The van der Waals surface area contributed by atoms with Crippen molar-refractivity contribution in [3.63, 3.8) is 0 Å². The number of rotatable bonds is 3. The molecule has 2 saturated heterocycles. The van der Waals surface area contributed by atoms with Crippen molar-refractivity contribution in [3.8, 4) is 0 Å². The normalized spacial score (nSPS) is 28.9. The number of likely N-dealkylation sites (N-methyl/N-ethyl adjacent to an activating group) is 1. The van der Waals surface area contributed by atoms with E-state index >= 15 is 0 Å². The maximum absolute atomic E-state index is 4.30. The molecular formula is C11H21N3S. The van der Waals surface area contributed by atoms with E-state index in [0.717, 1.165) is 19.6 Å². The second kappa shape index (κ2) is 4.76. The quantitative estimate of drug-likeness (QED) is 0.700. The molecule has 0 aromatic heterocycles. The molecule has 1 N–H and O–H groups in total. The number of likely N-dealkylation sites (tertiary alicyclic amines) is 1. The Morgan fingerprint density at radius 3 is 2.73 bits per heavy atom. The Morgan fingerprint density at radius 2 is 2.13 bits per heavy atom. The summed E-state index contributed by atoms with van der Waals surface area (Å²) in [5, 5.41) is 3.36. The van der Waals surface area contributed by atoms with E-state index in [1.165, 1.54) is 25.1 Å². The molecule has 0 spiro atoms. The zero-order valence-corrected chi connectivity index (χ0v) is 10.3. The van der Waals surface area contributed by atoms with Gasteiger partial charge < -0.3 is 10.2 Å². The average Bonchev–Trinajstić information content (AvgIpc) is 2.24. The predicted molar refractivity (Wildman–Crippen MR) is 66.8 cm³/mol. The van der Waals surface area contributed by atoms with Gasteiger partial charge in [0.05, 0.1) is 0 Å². The van der Waals surface area contributed by atoms with Gasteiger partial charge in [-0.2, -0.15) is 0 Å². The van der Waals surface area contributed by atoms with Crippen LogP contribution in [0.25, 0.3) is 0 Å². The van der Waals surface area contributed by atoms with Crippen molar-refractivity contribution in [2.45, 2.75) is 18.9 Å². The molecule has 3 nitrogen and oxygen atoms in total. The third-order valence-electron chi connectivity index (χ3n) is 3.57. The topological polar surface area (TPSA) is 18.5 Å². The smallest absolute Gasteiger partial charge is 0.0328 e. The summed E-state index contributed by atoms with van der Waals surface area (Å²) in [4.78, 5) is 2.45. The third kappa shape index (κ3) is 2.49. The van der Waals surface area contributed by atoms with Crippen LogP contribution in [0.15, 0.2) is 12.3 Å². The molecule has 1 unspecified atom stereocenters. The summed E-state index contributed by atoms with van der Waals surface area (Å²) in [6.45, 7) is 8.66. The van der Waals surface area contributed by atoms with Crippen molar-refractivity contribution in [1.29, 1.82) is 0 Å². The molecule has 2 aliphatic heterocycles. The van der Waals surface area contributed by atoms with E-state index in [0.29, 0.717) is 12.0 Å². The molecule has 0 amide bonds. The first kappa shape index (κ1) is 11.3. The number of nitrogens with zero attached hydrogens (tertiary/aromatic N) is 2. The van der Waals surface area contributed by atoms with Crippen molar-refractivity contribution in [1.82, 2.24) is 14.5 Å². The summed E-state index contributed by atoms with van der Waals surface area (Å²) < 4.78 is 2.05. The van der Waals surface area contributed by atoms with Crippen LogP contribution in [0.5, 0.6) is 0 Å². The number of nitrogens with one attached hydrogen (secondary N) is 1. The van der Waals surface area contributed by atoms with Gasteiger partial charge in [0.1, 0.15) is 0 Å². The van der Waals surface area contributed by atoms with Crippen molar-refractivity contribution in [3.05, 3.63) is 12.3 Å². The second-order valence-electron chi connectivity index (χ2n) is 4.63. The van der Waals surface area contributed by atoms with Crippen LogP contribution in [0.3, 0.4) is 0 Å². The Labute approximate surface area is 98.0 Å². The van der Waals surface area contributed by atoms with E-state index in [-0.39, 0.29) is 0 Å². The van der Waals surface area contributed by atoms with Crippen LogP contribution in [0.2, 0.25) is 0 Å². The number of thiol groups is 1. The van der Waals surface area contributed by atoms with E-state index in [1.807, 2.05) is 0 Å². The third-order valence-corrected chi connectivity index (χ3v) is 3.90. The lowest BCUT2D eigenvalue weighted by Crippen LogP contribution is -2.49. The van der Waals surface area contributed by atoms with Crippen LogP contribution >= 0.6 is 12.8 Å². The van der Waals surface area contributed by atoms with Gasteiger partial charge in [-0.05, 0) is 19.9 Å². The molecule has 0 aliphatic carbocycles. The minimum Gasteiger partial charge on any atom is -0.373 e. The Hall–Kier alpha value is -0.190. The summed E-state index contributed by atoms with van der Waals surface area (Å²) in [5.74, 6) is 0.637. The Kier molecular flexibility index (Phi) is 3.59. The maximum Gasteiger partial charge on any atom is 0.0328 e. The fourth-order valence-electron chi connectivity index (χ4n) is 2.40. The Bertz CT molecular complexity index is 238. The lowest BCUT2D eigenvalue weighted by atomic mass is 9.96. The number of hydrogen-bond acceptors (Lipinski definition) is 4. The zero-order valence-electron chi connectivity index (χ0n) is 9.45. The summed E-state index contributed by atoms with van der Waals surface area (Å²) >= 11 is 4.30. The lowest BCUT2D eigenvalue weighted by Gasteiger charge is -2.43. The van der Waals surface area contributed by atoms with Gasteiger partial charge in [-0.15, -0.1) is 0 Å². The first-order valence-electron chi connectivity index (χ1n) is 5.75. The monoisotopic (exact) mass is 227 g/mol. The lowest BCUT2D eigenvalue weighted by molar-refractivity contribution is 0.168. The minimum atomic E-state index is 0.637. The summed E-state index contributed by atoms with van der Waals surface area (Å²) in [6, 6.07) is 0.641. The summed E-state index contributed by atoms with van der Waals surface area (Å²) in [6.07, 6.45) is 2.57. The van der Waals surface area contributed by atoms with Crippen LogP contribution < -0.4 is 5.32 Å². The molecule has 0 aromatic carbocycles. The highest BCUT2D eigenvalue weighted by Gasteiger charge is 2.31. The van der Waals surface area contributed by atoms with Gasteiger partial charge in [0.25, 0.3) is 0 Å². The van der Waals surface area contributed by atoms with E-state index < -0.39 is 0 Å². The molecule has 2 heterocycles. The van der Waals surface area contributed by atoms with Crippen LogP contribution in [0.1, 0.15) is 12.8 Å². The predicted octanol–water partition coefficient (Wildman–Crippen LogP) is 0.960. The van der Waals surface area contributed by atoms with Crippen molar-refractivity contribution in [2.24, 2.45) is 5.92 Å². The van der Waals surface area contributed by atoms with Gasteiger partial charge in [-0.1, -0.05) is 19.4 Å². The first-order chi connectivity index (χ1) is 7.20. The Morgan fingerprint density at radius 1 is 1.40 bits per heavy atom. The van der Waals surface area contributed by atoms with Crippen molar-refractivity contribution in [2.75, 3.05) is 33.2 Å². The molecule has 2 aliphatic rings. The second-order valence-corrected chi connectivity index (χ2v) is 5.20. The van der Waals surface area contributed by atoms with E-state index in [2.05, 4.69) is 41.0 Å². The molecule has 2 fully saturated rings. The van der Waals surface area contributed by atoms with Gasteiger partial charge in [-0.25, -0.2) is 0 Å². The van der Waals surface area contributed by atoms with Gasteiger partial charge in [0.2, 0.25) is 0 Å². The van der Waals surface area contributed by atoms with E-state index in [1.54, 1.807) is 0 Å². The highest BCUT2D eigenvalue weighted by Crippen LogP contribution is 2.27. The standard InChI is InChI=1S/C11H21N3S/c1-9(10-6-14(15)7-10)13-5-3-4-11(8-13)12-2/h10-12,15H,1,3-8H2,2H3. The molecule has 0 bridgehead atoms. The summed E-state index contributed by atoms with van der Waals surface area (Å²) in [7, 11) is 2.05. The van der Waals surface area contributed by atoms with E-state index in [4.69, 9.17) is 0 Å². The molecule has 0 aromatic rings. The van der Waals surface area contributed by atoms with E-state index in [9.17, 15) is 0 Å². The van der Waals surface area contributed by atoms with Crippen LogP contribution in [0, 0.1) is 5.92 Å². The molecule has 1 atom stereocenters. The van der Waals surface area contributed by atoms with Gasteiger partial charge in [0, 0.05) is 43.8 Å². The molecule has 15 heavy (non-hydrogen) atoms. The van der Waals surface area contributed by atoms with Gasteiger partial charge >= 0.3 is 0 Å². The van der Waals surface area contributed by atoms with Crippen molar-refractivity contribution < 1.29 is 0 Å². The zero-order chi connectivity index (χ0) is 10.8.